The van der Waals surface area contributed by atoms with Gasteiger partial charge in [-0.3, -0.25) is 4.79 Å². The van der Waals surface area contributed by atoms with Gasteiger partial charge >= 0.3 is 0 Å². The van der Waals surface area contributed by atoms with E-state index in [1.165, 1.54) is 0 Å². The van der Waals surface area contributed by atoms with Gasteiger partial charge in [-0.25, -0.2) is 15.0 Å². The topological polar surface area (TPSA) is 90.6 Å². The van der Waals surface area contributed by atoms with Crippen LogP contribution < -0.4 is 0 Å². The van der Waals surface area contributed by atoms with Crippen LogP contribution >= 0.6 is 0 Å². The number of amides is 1. The molecule has 3 aromatic heterocycles. The summed E-state index contributed by atoms with van der Waals surface area (Å²) in [4.78, 5) is 34.3. The van der Waals surface area contributed by atoms with Crippen molar-refractivity contribution >= 4 is 28.1 Å². The molecule has 7 heteroatoms. The van der Waals surface area contributed by atoms with E-state index < -0.39 is 0 Å². The molecule has 0 saturated carbocycles. The third kappa shape index (κ3) is 2.92. The maximum absolute atomic E-state index is 12.9. The molecule has 1 amide bonds. The highest BCUT2D eigenvalue weighted by atomic mass is 16.2. The minimum atomic E-state index is -0.0557. The summed E-state index contributed by atoms with van der Waals surface area (Å²) >= 11 is 0. The second-order valence-electron chi connectivity index (χ2n) is 6.27. The first-order valence-corrected chi connectivity index (χ1v) is 8.68. The van der Waals surface area contributed by atoms with Gasteiger partial charge in [0.05, 0.1) is 22.1 Å². The fourth-order valence-corrected chi connectivity index (χ4v) is 3.01. The molecule has 0 aliphatic rings. The summed E-state index contributed by atoms with van der Waals surface area (Å²) in [6.07, 6.45) is 3.06. The number of nitrogens with zero attached hydrogens (tertiary/aromatic N) is 4. The smallest absolute Gasteiger partial charge is 0.255 e. The molecule has 0 radical (unpaired) electrons. The number of likely N-dealkylation sites (N-methyl/N-ethyl adjacent to an activating group) is 1. The molecule has 26 heavy (non-hydrogen) atoms. The van der Waals surface area contributed by atoms with Crippen LogP contribution in [0, 0.1) is 0 Å². The molecule has 0 saturated heterocycles. The van der Waals surface area contributed by atoms with Crippen molar-refractivity contribution in [2.75, 3.05) is 13.6 Å². The van der Waals surface area contributed by atoms with E-state index in [-0.39, 0.29) is 5.91 Å². The van der Waals surface area contributed by atoms with Gasteiger partial charge in [0.1, 0.15) is 11.6 Å². The van der Waals surface area contributed by atoms with E-state index in [0.29, 0.717) is 29.7 Å². The zero-order chi connectivity index (χ0) is 18.1. The lowest BCUT2D eigenvalue weighted by Crippen LogP contribution is -2.29. The highest BCUT2D eigenvalue weighted by molar-refractivity contribution is 6.03. The average Bonchev–Trinajstić information content (AvgIpc) is 3.28. The molecule has 0 fully saturated rings. The standard InChI is InChI=1S/C19H20N6O/c1-3-15-23-17-12(8-10-20-18(17)24-15)19(26)25(2)11-9-16-21-13-6-4-5-7-14(13)22-16/h4-8,10H,3,9,11H2,1-2H3,(H,21,22)(H,20,23,24). The van der Waals surface area contributed by atoms with Crippen LogP contribution in [-0.4, -0.2) is 49.3 Å². The van der Waals surface area contributed by atoms with Crippen molar-refractivity contribution in [3.05, 3.63) is 53.7 Å². The minimum Gasteiger partial charge on any atom is -0.342 e. The zero-order valence-corrected chi connectivity index (χ0v) is 14.8. The summed E-state index contributed by atoms with van der Waals surface area (Å²) in [6, 6.07) is 9.65. The first kappa shape index (κ1) is 16.3. The van der Waals surface area contributed by atoms with E-state index in [4.69, 9.17) is 0 Å². The Morgan fingerprint density at radius 1 is 1.12 bits per heavy atom. The van der Waals surface area contributed by atoms with Crippen LogP contribution in [0.25, 0.3) is 22.2 Å². The number of hydrogen-bond donors (Lipinski definition) is 2. The molecule has 0 atom stereocenters. The van der Waals surface area contributed by atoms with Crippen molar-refractivity contribution < 1.29 is 4.79 Å². The Labute approximate surface area is 150 Å². The Morgan fingerprint density at radius 2 is 1.96 bits per heavy atom. The second kappa shape index (κ2) is 6.59. The number of rotatable bonds is 5. The first-order valence-electron chi connectivity index (χ1n) is 8.68. The van der Waals surface area contributed by atoms with Gasteiger partial charge in [0.15, 0.2) is 5.65 Å². The number of H-pyrrole nitrogens is 2. The molecular weight excluding hydrogens is 328 g/mol. The molecule has 3 heterocycles. The number of nitrogens with one attached hydrogen (secondary N) is 2. The van der Waals surface area contributed by atoms with E-state index >= 15 is 0 Å². The summed E-state index contributed by atoms with van der Waals surface area (Å²) in [7, 11) is 1.80. The normalized spacial score (nSPS) is 11.3. The molecule has 132 valence electrons. The van der Waals surface area contributed by atoms with Gasteiger partial charge in [0.25, 0.3) is 5.91 Å². The molecule has 0 unspecified atom stereocenters. The maximum atomic E-state index is 12.9. The third-order valence-electron chi connectivity index (χ3n) is 4.48. The fourth-order valence-electron chi connectivity index (χ4n) is 3.01. The van der Waals surface area contributed by atoms with E-state index in [0.717, 1.165) is 29.1 Å². The van der Waals surface area contributed by atoms with Gasteiger partial charge in [0, 0.05) is 32.6 Å². The number of imidazole rings is 2. The van der Waals surface area contributed by atoms with Crippen molar-refractivity contribution in [2.24, 2.45) is 0 Å². The van der Waals surface area contributed by atoms with Gasteiger partial charge in [-0.05, 0) is 18.2 Å². The molecule has 7 nitrogen and oxygen atoms in total. The number of fused-ring (bicyclic) bond motifs is 2. The Morgan fingerprint density at radius 3 is 2.77 bits per heavy atom. The maximum Gasteiger partial charge on any atom is 0.255 e. The lowest BCUT2D eigenvalue weighted by Gasteiger charge is -2.16. The number of benzene rings is 1. The van der Waals surface area contributed by atoms with Crippen molar-refractivity contribution in [2.45, 2.75) is 19.8 Å². The zero-order valence-electron chi connectivity index (χ0n) is 14.8. The van der Waals surface area contributed by atoms with Gasteiger partial charge in [0.2, 0.25) is 0 Å². The van der Waals surface area contributed by atoms with Crippen LogP contribution in [0.4, 0.5) is 0 Å². The van der Waals surface area contributed by atoms with E-state index in [9.17, 15) is 4.79 Å². The summed E-state index contributed by atoms with van der Waals surface area (Å²) in [5, 5.41) is 0. The van der Waals surface area contributed by atoms with Crippen molar-refractivity contribution in [3.8, 4) is 0 Å². The Kier molecular flexibility index (Phi) is 4.12. The van der Waals surface area contributed by atoms with Crippen LogP contribution in [0.15, 0.2) is 36.5 Å². The van der Waals surface area contributed by atoms with Gasteiger partial charge in [-0.1, -0.05) is 19.1 Å². The summed E-state index contributed by atoms with van der Waals surface area (Å²) in [5.41, 5.74) is 3.83. The van der Waals surface area contributed by atoms with Crippen LogP contribution in [0.5, 0.6) is 0 Å². The monoisotopic (exact) mass is 348 g/mol. The van der Waals surface area contributed by atoms with Crippen LogP contribution in [-0.2, 0) is 12.8 Å². The van der Waals surface area contributed by atoms with Gasteiger partial charge in [-0.2, -0.15) is 0 Å². The summed E-state index contributed by atoms with van der Waals surface area (Å²) in [5.74, 6) is 1.65. The van der Waals surface area contributed by atoms with Crippen molar-refractivity contribution in [3.63, 3.8) is 0 Å². The Hall–Kier alpha value is -3.22. The third-order valence-corrected chi connectivity index (χ3v) is 4.48. The number of hydrogen-bond acceptors (Lipinski definition) is 4. The molecule has 0 aliphatic heterocycles. The quantitative estimate of drug-likeness (QED) is 0.580. The van der Waals surface area contributed by atoms with Gasteiger partial charge in [-0.15, -0.1) is 0 Å². The number of pyridine rings is 1. The molecule has 2 N–H and O–H groups in total. The Balaban J connectivity index is 1.51. The fraction of sp³-hybridized carbons (Fsp3) is 0.263. The number of aromatic nitrogens is 5. The molecule has 1 aromatic carbocycles. The van der Waals surface area contributed by atoms with E-state index in [2.05, 4.69) is 24.9 Å². The number of aryl methyl sites for hydroxylation is 1. The number of carbonyl (C=O) groups is 1. The molecule has 0 spiro atoms. The molecule has 0 bridgehead atoms. The highest BCUT2D eigenvalue weighted by Crippen LogP contribution is 2.17. The Bertz CT molecular complexity index is 1050. The van der Waals surface area contributed by atoms with Crippen molar-refractivity contribution in [1.29, 1.82) is 0 Å². The first-order chi connectivity index (χ1) is 12.7. The largest absolute Gasteiger partial charge is 0.342 e. The summed E-state index contributed by atoms with van der Waals surface area (Å²) < 4.78 is 0. The predicted octanol–water partition coefficient (Wildman–Crippen LogP) is 2.71. The SMILES string of the molecule is CCc1nc2nccc(C(=O)N(C)CCc3nc4ccccc4[nH]3)c2[nH]1. The van der Waals surface area contributed by atoms with Crippen LogP contribution in [0.1, 0.15) is 28.9 Å². The minimum absolute atomic E-state index is 0.0557. The number of para-hydroxylation sites is 2. The molecule has 4 rings (SSSR count). The van der Waals surface area contributed by atoms with E-state index in [1.54, 1.807) is 24.2 Å². The molecule has 4 aromatic rings. The van der Waals surface area contributed by atoms with Crippen LogP contribution in [0.3, 0.4) is 0 Å². The van der Waals surface area contributed by atoms with E-state index in [1.807, 2.05) is 31.2 Å². The second-order valence-corrected chi connectivity index (χ2v) is 6.27. The highest BCUT2D eigenvalue weighted by Gasteiger charge is 2.18. The molecule has 0 aliphatic carbocycles. The van der Waals surface area contributed by atoms with Crippen LogP contribution in [0.2, 0.25) is 0 Å². The number of aromatic amines is 2. The predicted molar refractivity (Wildman–Crippen MR) is 100 cm³/mol. The molecular formula is C19H20N6O. The average molecular weight is 348 g/mol. The van der Waals surface area contributed by atoms with Gasteiger partial charge < -0.3 is 14.9 Å². The summed E-state index contributed by atoms with van der Waals surface area (Å²) in [6.45, 7) is 2.58. The lowest BCUT2D eigenvalue weighted by atomic mass is 10.2. The van der Waals surface area contributed by atoms with Crippen molar-refractivity contribution in [1.82, 2.24) is 29.8 Å². The lowest BCUT2D eigenvalue weighted by molar-refractivity contribution is 0.0798. The number of carbonyl (C=O) groups excluding carboxylic acids is 1.